The minimum atomic E-state index is -0.920. The molecule has 186 valence electrons. The van der Waals surface area contributed by atoms with Crippen molar-refractivity contribution in [3.05, 3.63) is 113 Å². The van der Waals surface area contributed by atoms with Gasteiger partial charge in [-0.15, -0.1) is 0 Å². The van der Waals surface area contributed by atoms with E-state index in [1.54, 1.807) is 0 Å². The molecule has 0 unspecified atom stereocenters. The summed E-state index contributed by atoms with van der Waals surface area (Å²) in [6.07, 6.45) is 0.965. The molecule has 0 fully saturated rings. The van der Waals surface area contributed by atoms with Gasteiger partial charge in [-0.25, -0.2) is 19.4 Å². The lowest BCUT2D eigenvalue weighted by molar-refractivity contribution is 0.0909. The molecule has 14 nitrogen and oxygen atoms in total. The largest absolute Gasteiger partial charge is 0.327 e. The molecule has 4 amide bonds. The number of rotatable bonds is 3. The number of nitrogens with one attached hydrogen (secondary N) is 4. The average Bonchev–Trinajstić information content (AvgIpc) is 3.27. The molecule has 0 saturated carbocycles. The van der Waals surface area contributed by atoms with E-state index in [1.807, 2.05) is 9.97 Å². The second-order valence-corrected chi connectivity index (χ2v) is 8.34. The number of carbonyl (C=O) groups is 4. The topological polar surface area (TPSA) is 206 Å². The van der Waals surface area contributed by atoms with E-state index in [0.717, 1.165) is 12.3 Å². The Morgan fingerprint density at radius 1 is 0.526 bits per heavy atom. The van der Waals surface area contributed by atoms with E-state index in [2.05, 4.69) is 9.97 Å². The molecule has 0 radical (unpaired) electrons. The van der Waals surface area contributed by atoms with Crippen LogP contribution in [0.4, 0.5) is 11.5 Å². The SMILES string of the molecule is O=C1c2ccc(-c3ccc4c(c3)C(=O)N(c3c[nH]c(=O)[nH]c3=O)C4=O)cc2C(=O)N1c1cc(=O)[nH]c(=O)[nH]1. The smallest absolute Gasteiger partial charge is 0.312 e. The van der Waals surface area contributed by atoms with Crippen LogP contribution in [-0.2, 0) is 0 Å². The third kappa shape index (κ3) is 3.21. The lowest BCUT2D eigenvalue weighted by Gasteiger charge is -2.12. The molecule has 2 aromatic carbocycles. The van der Waals surface area contributed by atoms with Gasteiger partial charge in [0.2, 0.25) is 0 Å². The molecule has 0 aliphatic carbocycles. The van der Waals surface area contributed by atoms with Crippen molar-refractivity contribution in [1.29, 1.82) is 0 Å². The van der Waals surface area contributed by atoms with Crippen molar-refractivity contribution < 1.29 is 19.2 Å². The van der Waals surface area contributed by atoms with E-state index in [1.165, 1.54) is 36.4 Å². The fourth-order valence-electron chi connectivity index (χ4n) is 4.42. The number of hydrogen-bond acceptors (Lipinski definition) is 8. The van der Waals surface area contributed by atoms with Crippen LogP contribution in [0.15, 0.2) is 67.8 Å². The van der Waals surface area contributed by atoms with Crippen molar-refractivity contribution in [2.75, 3.05) is 9.80 Å². The molecule has 4 heterocycles. The van der Waals surface area contributed by atoms with E-state index in [-0.39, 0.29) is 33.8 Å². The highest BCUT2D eigenvalue weighted by Crippen LogP contribution is 2.33. The second kappa shape index (κ2) is 7.79. The molecular formula is C24H12N6O8. The molecule has 2 aromatic heterocycles. The number of fused-ring (bicyclic) bond motifs is 2. The summed E-state index contributed by atoms with van der Waals surface area (Å²) in [6.45, 7) is 0. The number of imide groups is 2. The Morgan fingerprint density at radius 2 is 1.08 bits per heavy atom. The van der Waals surface area contributed by atoms with Gasteiger partial charge in [-0.2, -0.15) is 0 Å². The third-order valence-corrected chi connectivity index (χ3v) is 6.13. The molecular weight excluding hydrogens is 500 g/mol. The van der Waals surface area contributed by atoms with Crippen LogP contribution in [0.25, 0.3) is 11.1 Å². The number of H-pyrrole nitrogens is 4. The van der Waals surface area contributed by atoms with Gasteiger partial charge >= 0.3 is 11.4 Å². The molecule has 0 spiro atoms. The standard InChI is InChI=1S/C24H12N6O8/c31-17-7-16(26-24(38)27-17)30-20(34)12-4-2-10(6-14(12)22(30)36)9-1-3-11-13(5-9)21(35)29(19(11)33)15-8-25-23(37)28-18(15)32/h1-8H,(H2,25,28,32,37)(H2,26,27,31,38). The Balaban J connectivity index is 1.38. The Bertz CT molecular complexity index is 1990. The summed E-state index contributed by atoms with van der Waals surface area (Å²) in [7, 11) is 0. The first kappa shape index (κ1) is 22.5. The van der Waals surface area contributed by atoms with Crippen molar-refractivity contribution in [3.63, 3.8) is 0 Å². The molecule has 4 aromatic rings. The molecule has 2 aliphatic heterocycles. The van der Waals surface area contributed by atoms with Crippen molar-refractivity contribution in [3.8, 4) is 11.1 Å². The predicted octanol–water partition coefficient (Wildman–Crippen LogP) is -0.292. The Kier molecular flexibility index (Phi) is 4.62. The zero-order valence-corrected chi connectivity index (χ0v) is 18.8. The van der Waals surface area contributed by atoms with Crippen molar-refractivity contribution in [2.24, 2.45) is 0 Å². The van der Waals surface area contributed by atoms with Crippen LogP contribution in [0, 0.1) is 0 Å². The fraction of sp³-hybridized carbons (Fsp3) is 0. The number of aromatic amines is 4. The minimum Gasteiger partial charge on any atom is -0.312 e. The highest BCUT2D eigenvalue weighted by Gasteiger charge is 2.40. The van der Waals surface area contributed by atoms with Crippen LogP contribution < -0.4 is 32.3 Å². The predicted molar refractivity (Wildman–Crippen MR) is 130 cm³/mol. The summed E-state index contributed by atoms with van der Waals surface area (Å²) in [5.41, 5.74) is -2.85. The lowest BCUT2D eigenvalue weighted by Crippen LogP contribution is -2.36. The first-order chi connectivity index (χ1) is 18.1. The number of aromatic nitrogens is 4. The summed E-state index contributed by atoms with van der Waals surface area (Å²) < 4.78 is 0. The van der Waals surface area contributed by atoms with Crippen molar-refractivity contribution in [1.82, 2.24) is 19.9 Å². The van der Waals surface area contributed by atoms with Crippen molar-refractivity contribution in [2.45, 2.75) is 0 Å². The third-order valence-electron chi connectivity index (χ3n) is 6.13. The Hall–Kier alpha value is -5.92. The number of amides is 4. The number of hydrogen-bond donors (Lipinski definition) is 4. The maximum Gasteiger partial charge on any atom is 0.327 e. The Labute approximate surface area is 208 Å². The van der Waals surface area contributed by atoms with E-state index in [4.69, 9.17) is 0 Å². The van der Waals surface area contributed by atoms with Gasteiger partial charge < -0.3 is 4.98 Å². The monoisotopic (exact) mass is 512 g/mol. The normalized spacial score (nSPS) is 14.3. The summed E-state index contributed by atoms with van der Waals surface area (Å²) in [6, 6.07) is 9.56. The van der Waals surface area contributed by atoms with Crippen LogP contribution in [0.5, 0.6) is 0 Å². The maximum atomic E-state index is 13.1. The molecule has 14 heteroatoms. The van der Waals surface area contributed by atoms with Crippen molar-refractivity contribution >= 4 is 35.1 Å². The zero-order chi connectivity index (χ0) is 26.9. The molecule has 0 atom stereocenters. The van der Waals surface area contributed by atoms with Gasteiger partial charge in [0.1, 0.15) is 11.5 Å². The van der Waals surface area contributed by atoms with E-state index < -0.39 is 46.1 Å². The number of benzene rings is 2. The molecule has 0 saturated heterocycles. The van der Waals surface area contributed by atoms with Crippen LogP contribution in [0.3, 0.4) is 0 Å². The highest BCUT2D eigenvalue weighted by molar-refractivity contribution is 6.35. The lowest BCUT2D eigenvalue weighted by atomic mass is 9.97. The molecule has 2 aliphatic rings. The van der Waals surface area contributed by atoms with Gasteiger partial charge in [-0.1, -0.05) is 12.1 Å². The van der Waals surface area contributed by atoms with Crippen LogP contribution in [0.2, 0.25) is 0 Å². The second-order valence-electron chi connectivity index (χ2n) is 8.34. The van der Waals surface area contributed by atoms with Crippen LogP contribution >= 0.6 is 0 Å². The van der Waals surface area contributed by atoms with Crippen LogP contribution in [-0.4, -0.2) is 43.6 Å². The molecule has 38 heavy (non-hydrogen) atoms. The van der Waals surface area contributed by atoms with Gasteiger partial charge in [0.25, 0.3) is 34.7 Å². The fourth-order valence-corrected chi connectivity index (χ4v) is 4.42. The van der Waals surface area contributed by atoms with E-state index >= 15 is 0 Å². The molecule has 6 rings (SSSR count). The summed E-state index contributed by atoms with van der Waals surface area (Å²) in [5.74, 6) is -3.35. The summed E-state index contributed by atoms with van der Waals surface area (Å²) >= 11 is 0. The van der Waals surface area contributed by atoms with Crippen LogP contribution in [0.1, 0.15) is 41.4 Å². The summed E-state index contributed by atoms with van der Waals surface area (Å²) in [4.78, 5) is 108. The number of anilines is 2. The zero-order valence-electron chi connectivity index (χ0n) is 18.8. The average molecular weight is 512 g/mol. The maximum absolute atomic E-state index is 13.1. The Morgan fingerprint density at radius 3 is 1.66 bits per heavy atom. The quantitative estimate of drug-likeness (QED) is 0.268. The van der Waals surface area contributed by atoms with Gasteiger partial charge in [0, 0.05) is 12.3 Å². The van der Waals surface area contributed by atoms with Gasteiger partial charge in [0.05, 0.1) is 22.3 Å². The number of carbonyl (C=O) groups excluding carboxylic acids is 4. The van der Waals surface area contributed by atoms with Gasteiger partial charge in [-0.05, 0) is 35.4 Å². The minimum absolute atomic E-state index is 0.00191. The van der Waals surface area contributed by atoms with Gasteiger partial charge in [-0.3, -0.25) is 43.7 Å². The summed E-state index contributed by atoms with van der Waals surface area (Å²) in [5, 5.41) is 0. The number of nitrogens with zero attached hydrogens (tertiary/aromatic N) is 2. The highest BCUT2D eigenvalue weighted by atomic mass is 16.2. The van der Waals surface area contributed by atoms with Gasteiger partial charge in [0.15, 0.2) is 0 Å². The molecule has 4 N–H and O–H groups in total. The van der Waals surface area contributed by atoms with E-state index in [0.29, 0.717) is 20.9 Å². The first-order valence-corrected chi connectivity index (χ1v) is 10.9. The first-order valence-electron chi connectivity index (χ1n) is 10.9. The van der Waals surface area contributed by atoms with E-state index in [9.17, 15) is 38.4 Å². The molecule has 0 bridgehead atoms.